The Labute approximate surface area is 304 Å². The first-order valence-electron chi connectivity index (χ1n) is 21.1. The second kappa shape index (κ2) is 11.4. The molecule has 1 spiro atoms. The van der Waals surface area contributed by atoms with Gasteiger partial charge in [0, 0.05) is 18.3 Å². The highest BCUT2D eigenvalue weighted by atomic mass is 16.7. The van der Waals surface area contributed by atoms with Crippen molar-refractivity contribution in [3.05, 3.63) is 0 Å². The van der Waals surface area contributed by atoms with Gasteiger partial charge < -0.3 is 23.7 Å². The Morgan fingerprint density at radius 1 is 0.549 bits per heavy atom. The molecule has 0 aromatic heterocycles. The fourth-order valence-electron chi connectivity index (χ4n) is 15.5. The maximum absolute atomic E-state index is 14.2. The summed E-state index contributed by atoms with van der Waals surface area (Å²) in [5, 5.41) is 0. The lowest BCUT2D eigenvalue weighted by Crippen LogP contribution is -2.70. The standard InChI is InChI=1S/C43H62O8/c1-38(2,3)23-47-37(46)41-20-32-12-33(21-41)43(34(13-32)22-41)50-5-4-42(51-43,24-48-35(44)39-14-26-6-27(15-39)8-28(7-26)16-39)25-49-36(45)40-17-29-9-30(18-40)11-31(10-29)19-40/h26-34H,4-25H2,1-3H3. The minimum atomic E-state index is -0.969. The minimum Gasteiger partial charge on any atom is -0.465 e. The van der Waals surface area contributed by atoms with Crippen LogP contribution in [0.5, 0.6) is 0 Å². The Bertz CT molecular complexity index is 1310. The van der Waals surface area contributed by atoms with Gasteiger partial charge in [-0.25, -0.2) is 0 Å². The van der Waals surface area contributed by atoms with Gasteiger partial charge in [0.2, 0.25) is 0 Å². The Balaban J connectivity index is 0.907. The number of carbonyl (C=O) groups is 3. The molecule has 2 atom stereocenters. The molecule has 12 bridgehead atoms. The summed E-state index contributed by atoms with van der Waals surface area (Å²) in [5.74, 6) is 3.41. The van der Waals surface area contributed by atoms with Gasteiger partial charge in [-0.2, -0.15) is 0 Å². The van der Waals surface area contributed by atoms with Crippen LogP contribution >= 0.6 is 0 Å². The predicted octanol–water partition coefficient (Wildman–Crippen LogP) is 7.79. The zero-order chi connectivity index (χ0) is 35.0. The van der Waals surface area contributed by atoms with E-state index in [-0.39, 0.29) is 59.2 Å². The average molecular weight is 707 g/mol. The van der Waals surface area contributed by atoms with Gasteiger partial charge in [-0.3, -0.25) is 14.4 Å². The smallest absolute Gasteiger partial charge is 0.312 e. The summed E-state index contributed by atoms with van der Waals surface area (Å²) in [4.78, 5) is 42.3. The number of hydrogen-bond donors (Lipinski definition) is 0. The first kappa shape index (κ1) is 33.9. The van der Waals surface area contributed by atoms with Gasteiger partial charge in [0.05, 0.1) is 29.5 Å². The van der Waals surface area contributed by atoms with Crippen molar-refractivity contribution >= 4 is 17.9 Å². The van der Waals surface area contributed by atoms with Crippen LogP contribution in [0, 0.1) is 74.9 Å². The molecule has 282 valence electrons. The predicted molar refractivity (Wildman–Crippen MR) is 187 cm³/mol. The number of carbonyl (C=O) groups excluding carboxylic acids is 3. The molecule has 13 fully saturated rings. The molecular weight excluding hydrogens is 644 g/mol. The minimum absolute atomic E-state index is 0.0447. The van der Waals surface area contributed by atoms with Crippen LogP contribution in [0.2, 0.25) is 0 Å². The summed E-state index contributed by atoms with van der Waals surface area (Å²) in [6.07, 6.45) is 18.1. The number of esters is 3. The van der Waals surface area contributed by atoms with Crippen LogP contribution in [0.1, 0.15) is 136 Å². The molecule has 12 aliphatic carbocycles. The van der Waals surface area contributed by atoms with E-state index in [1.165, 1.54) is 38.5 Å². The summed E-state index contributed by atoms with van der Waals surface area (Å²) in [6, 6.07) is 0. The zero-order valence-corrected chi connectivity index (χ0v) is 31.5. The summed E-state index contributed by atoms with van der Waals surface area (Å²) in [6.45, 7) is 7.36. The summed E-state index contributed by atoms with van der Waals surface area (Å²) in [7, 11) is 0. The molecule has 8 nitrogen and oxygen atoms in total. The molecule has 1 heterocycles. The third-order valence-corrected chi connectivity index (χ3v) is 16.5. The molecular formula is C43H62O8. The van der Waals surface area contributed by atoms with Gasteiger partial charge in [0.1, 0.15) is 18.8 Å². The molecule has 1 saturated heterocycles. The van der Waals surface area contributed by atoms with Crippen molar-refractivity contribution in [1.29, 1.82) is 0 Å². The summed E-state index contributed by atoms with van der Waals surface area (Å²) in [5.41, 5.74) is -2.27. The van der Waals surface area contributed by atoms with Crippen molar-refractivity contribution in [2.75, 3.05) is 26.4 Å². The lowest BCUT2D eigenvalue weighted by Gasteiger charge is -2.65. The van der Waals surface area contributed by atoms with Crippen molar-refractivity contribution in [2.45, 2.75) is 148 Å². The highest BCUT2D eigenvalue weighted by Crippen LogP contribution is 2.67. The van der Waals surface area contributed by atoms with E-state index in [2.05, 4.69) is 20.8 Å². The van der Waals surface area contributed by atoms with Gasteiger partial charge in [0.25, 0.3) is 0 Å². The summed E-state index contributed by atoms with van der Waals surface area (Å²) < 4.78 is 33.1. The second-order valence-corrected chi connectivity index (χ2v) is 21.9. The van der Waals surface area contributed by atoms with E-state index in [4.69, 9.17) is 23.7 Å². The van der Waals surface area contributed by atoms with E-state index in [0.29, 0.717) is 73.9 Å². The van der Waals surface area contributed by atoms with Crippen LogP contribution in [-0.2, 0) is 38.1 Å². The fraction of sp³-hybridized carbons (Fsp3) is 0.930. The third kappa shape index (κ3) is 5.50. The monoisotopic (exact) mass is 706 g/mol. The normalized spacial score (nSPS) is 51.2. The average Bonchev–Trinajstić information content (AvgIpc) is 3.06. The molecule has 0 aromatic rings. The molecule has 0 radical (unpaired) electrons. The van der Waals surface area contributed by atoms with Crippen LogP contribution in [0.3, 0.4) is 0 Å². The first-order chi connectivity index (χ1) is 24.3. The molecule has 51 heavy (non-hydrogen) atoms. The maximum atomic E-state index is 14.2. The first-order valence-corrected chi connectivity index (χ1v) is 21.1. The van der Waals surface area contributed by atoms with Crippen molar-refractivity contribution in [3.8, 4) is 0 Å². The van der Waals surface area contributed by atoms with E-state index >= 15 is 0 Å². The highest BCUT2D eigenvalue weighted by Gasteiger charge is 2.69. The molecule has 1 aliphatic heterocycles. The fourth-order valence-corrected chi connectivity index (χ4v) is 15.5. The topological polar surface area (TPSA) is 97.4 Å². The lowest BCUT2D eigenvalue weighted by atomic mass is 9.47. The van der Waals surface area contributed by atoms with Crippen LogP contribution in [0.25, 0.3) is 0 Å². The zero-order valence-electron chi connectivity index (χ0n) is 31.5. The van der Waals surface area contributed by atoms with Gasteiger partial charge in [0.15, 0.2) is 5.79 Å². The van der Waals surface area contributed by atoms with Gasteiger partial charge in [-0.15, -0.1) is 0 Å². The van der Waals surface area contributed by atoms with Gasteiger partial charge in [-0.05, 0) is 156 Å². The van der Waals surface area contributed by atoms with E-state index in [9.17, 15) is 14.4 Å². The van der Waals surface area contributed by atoms with E-state index in [0.717, 1.165) is 57.8 Å². The molecule has 0 N–H and O–H groups in total. The Morgan fingerprint density at radius 2 is 0.922 bits per heavy atom. The molecule has 13 rings (SSSR count). The van der Waals surface area contributed by atoms with Gasteiger partial charge in [-0.1, -0.05) is 20.8 Å². The van der Waals surface area contributed by atoms with Crippen LogP contribution in [0.15, 0.2) is 0 Å². The largest absolute Gasteiger partial charge is 0.465 e. The van der Waals surface area contributed by atoms with Crippen molar-refractivity contribution in [3.63, 3.8) is 0 Å². The lowest BCUT2D eigenvalue weighted by molar-refractivity contribution is -0.411. The van der Waals surface area contributed by atoms with Crippen LogP contribution in [-0.4, -0.2) is 55.7 Å². The third-order valence-electron chi connectivity index (χ3n) is 16.5. The Hall–Kier alpha value is -1.67. The maximum Gasteiger partial charge on any atom is 0.312 e. The van der Waals surface area contributed by atoms with Gasteiger partial charge >= 0.3 is 17.9 Å². The van der Waals surface area contributed by atoms with Crippen molar-refractivity contribution in [2.24, 2.45) is 74.9 Å². The highest BCUT2D eigenvalue weighted by molar-refractivity contribution is 5.79. The SMILES string of the molecule is CC(C)(C)COC(=O)C12CC3CC(C1)C1(OCCC(COC(=O)C45CC6CC(CC(C6)C4)C5)(COC(=O)C45CC6CC(CC(C6)C4)C5)O1)C(C3)C2. The van der Waals surface area contributed by atoms with Crippen LogP contribution in [0.4, 0.5) is 0 Å². The molecule has 0 aromatic carbocycles. The number of rotatable bonds is 8. The second-order valence-electron chi connectivity index (χ2n) is 21.9. The van der Waals surface area contributed by atoms with E-state index < -0.39 is 16.8 Å². The summed E-state index contributed by atoms with van der Waals surface area (Å²) >= 11 is 0. The number of hydrogen-bond acceptors (Lipinski definition) is 8. The van der Waals surface area contributed by atoms with E-state index in [1.807, 2.05) is 0 Å². The Kier molecular flexibility index (Phi) is 7.59. The van der Waals surface area contributed by atoms with E-state index in [1.54, 1.807) is 0 Å². The van der Waals surface area contributed by atoms with Crippen molar-refractivity contribution in [1.82, 2.24) is 0 Å². The molecule has 0 amide bonds. The molecule has 12 saturated carbocycles. The molecule has 2 unspecified atom stereocenters. The number of ether oxygens (including phenoxy) is 5. The molecule has 13 aliphatic rings. The quantitative estimate of drug-likeness (QED) is 0.187. The van der Waals surface area contributed by atoms with Crippen molar-refractivity contribution < 1.29 is 38.1 Å². The van der Waals surface area contributed by atoms with Crippen LogP contribution < -0.4 is 0 Å². The molecule has 8 heteroatoms. The Morgan fingerprint density at radius 3 is 1.33 bits per heavy atom.